The molecule has 0 spiro atoms. The Hall–Kier alpha value is -1.85. The van der Waals surface area contributed by atoms with Crippen LogP contribution in [0.15, 0.2) is 24.3 Å². The van der Waals surface area contributed by atoms with Crippen molar-refractivity contribution in [2.24, 2.45) is 7.05 Å². The third kappa shape index (κ3) is 2.77. The van der Waals surface area contributed by atoms with Crippen LogP contribution in [0.4, 0.5) is 0 Å². The molecule has 1 aromatic heterocycles. The molecule has 0 unspecified atom stereocenters. The SMILES string of the molecule is COCc1ccc(-c2cc(C(=O)O)nn2C)cc1Cl. The highest BCUT2D eigenvalue weighted by atomic mass is 35.5. The minimum absolute atomic E-state index is 0.00888. The molecule has 0 saturated carbocycles. The van der Waals surface area contributed by atoms with Crippen LogP contribution in [0.1, 0.15) is 16.1 Å². The van der Waals surface area contributed by atoms with Crippen molar-refractivity contribution in [2.45, 2.75) is 6.61 Å². The topological polar surface area (TPSA) is 64.3 Å². The molecule has 0 fully saturated rings. The van der Waals surface area contributed by atoms with E-state index in [-0.39, 0.29) is 5.69 Å². The van der Waals surface area contributed by atoms with E-state index < -0.39 is 5.97 Å². The van der Waals surface area contributed by atoms with E-state index in [0.717, 1.165) is 11.1 Å². The Balaban J connectivity index is 2.42. The number of rotatable bonds is 4. The molecule has 1 N–H and O–H groups in total. The summed E-state index contributed by atoms with van der Waals surface area (Å²) in [6.45, 7) is 0.435. The summed E-state index contributed by atoms with van der Waals surface area (Å²) in [5, 5.41) is 13.4. The number of carboxylic acid groups (broad SMARTS) is 1. The van der Waals surface area contributed by atoms with Crippen molar-refractivity contribution in [1.82, 2.24) is 9.78 Å². The summed E-state index contributed by atoms with van der Waals surface area (Å²) in [5.41, 5.74) is 2.40. The quantitative estimate of drug-likeness (QED) is 0.935. The molecule has 2 rings (SSSR count). The maximum Gasteiger partial charge on any atom is 0.356 e. The van der Waals surface area contributed by atoms with Crippen molar-refractivity contribution in [3.05, 3.63) is 40.5 Å². The molecule has 1 aromatic carbocycles. The highest BCUT2D eigenvalue weighted by molar-refractivity contribution is 6.31. The molecular formula is C13H13ClN2O3. The minimum atomic E-state index is -1.05. The van der Waals surface area contributed by atoms with Crippen LogP contribution in [0.5, 0.6) is 0 Å². The van der Waals surface area contributed by atoms with E-state index in [0.29, 0.717) is 17.3 Å². The van der Waals surface area contributed by atoms with Gasteiger partial charge < -0.3 is 9.84 Å². The van der Waals surface area contributed by atoms with Crippen molar-refractivity contribution in [1.29, 1.82) is 0 Å². The maximum atomic E-state index is 10.9. The Morgan fingerprint density at radius 1 is 1.47 bits per heavy atom. The van der Waals surface area contributed by atoms with Crippen molar-refractivity contribution in [3.63, 3.8) is 0 Å². The standard InChI is InChI=1S/C13H13ClN2O3/c1-16-12(6-11(15-16)13(17)18)8-3-4-9(7-19-2)10(14)5-8/h3-6H,7H2,1-2H3,(H,17,18). The van der Waals surface area contributed by atoms with Crippen molar-refractivity contribution < 1.29 is 14.6 Å². The van der Waals surface area contributed by atoms with Gasteiger partial charge in [0, 0.05) is 24.7 Å². The van der Waals surface area contributed by atoms with E-state index in [1.54, 1.807) is 20.2 Å². The predicted molar refractivity (Wildman–Crippen MR) is 71.3 cm³/mol. The molecule has 1 heterocycles. The molecular weight excluding hydrogens is 268 g/mol. The lowest BCUT2D eigenvalue weighted by molar-refractivity contribution is 0.0689. The molecule has 0 atom stereocenters. The van der Waals surface area contributed by atoms with Gasteiger partial charge >= 0.3 is 5.97 Å². The normalized spacial score (nSPS) is 10.7. The van der Waals surface area contributed by atoms with Crippen molar-refractivity contribution in [3.8, 4) is 11.3 Å². The molecule has 0 bridgehead atoms. The van der Waals surface area contributed by atoms with Gasteiger partial charge in [0.25, 0.3) is 0 Å². The van der Waals surface area contributed by atoms with Crippen LogP contribution in [0.3, 0.4) is 0 Å². The lowest BCUT2D eigenvalue weighted by atomic mass is 10.1. The van der Waals surface area contributed by atoms with E-state index in [1.807, 2.05) is 12.1 Å². The number of aryl methyl sites for hydroxylation is 1. The number of aromatic carboxylic acids is 1. The third-order valence-corrected chi connectivity index (χ3v) is 3.10. The summed E-state index contributed by atoms with van der Waals surface area (Å²) in [7, 11) is 3.29. The second-order valence-electron chi connectivity index (χ2n) is 4.08. The number of nitrogens with zero attached hydrogens (tertiary/aromatic N) is 2. The number of aromatic nitrogens is 2. The molecule has 5 nitrogen and oxygen atoms in total. The summed E-state index contributed by atoms with van der Waals surface area (Å²) in [6.07, 6.45) is 0. The van der Waals surface area contributed by atoms with E-state index in [4.69, 9.17) is 21.4 Å². The Bertz CT molecular complexity index is 622. The molecule has 19 heavy (non-hydrogen) atoms. The number of halogens is 1. The molecule has 6 heteroatoms. The average Bonchev–Trinajstić information content (AvgIpc) is 2.74. The van der Waals surface area contributed by atoms with Crippen LogP contribution in [-0.4, -0.2) is 28.0 Å². The zero-order chi connectivity index (χ0) is 14.0. The first-order valence-electron chi connectivity index (χ1n) is 5.58. The number of hydrogen-bond donors (Lipinski definition) is 1. The second-order valence-corrected chi connectivity index (χ2v) is 4.49. The predicted octanol–water partition coefficient (Wildman–Crippen LogP) is 2.59. The number of hydrogen-bond acceptors (Lipinski definition) is 3. The zero-order valence-corrected chi connectivity index (χ0v) is 11.3. The van der Waals surface area contributed by atoms with E-state index in [2.05, 4.69) is 5.10 Å². The molecule has 0 aliphatic heterocycles. The fourth-order valence-electron chi connectivity index (χ4n) is 1.82. The third-order valence-electron chi connectivity index (χ3n) is 2.75. The van der Waals surface area contributed by atoms with Gasteiger partial charge in [0.2, 0.25) is 0 Å². The first-order valence-corrected chi connectivity index (χ1v) is 5.95. The van der Waals surface area contributed by atoms with Gasteiger partial charge in [-0.1, -0.05) is 23.7 Å². The molecule has 0 aliphatic rings. The molecule has 100 valence electrons. The number of carbonyl (C=O) groups is 1. The Morgan fingerprint density at radius 3 is 2.74 bits per heavy atom. The molecule has 0 amide bonds. The fourth-order valence-corrected chi connectivity index (χ4v) is 2.06. The van der Waals surface area contributed by atoms with Gasteiger partial charge in [-0.3, -0.25) is 4.68 Å². The van der Waals surface area contributed by atoms with Gasteiger partial charge in [-0.15, -0.1) is 0 Å². The van der Waals surface area contributed by atoms with E-state index >= 15 is 0 Å². The number of benzene rings is 1. The van der Waals surface area contributed by atoms with Crippen LogP contribution < -0.4 is 0 Å². The number of ether oxygens (including phenoxy) is 1. The summed E-state index contributed by atoms with van der Waals surface area (Å²) < 4.78 is 6.55. The summed E-state index contributed by atoms with van der Waals surface area (Å²) in [6, 6.07) is 7.01. The Labute approximate surface area is 115 Å². The van der Waals surface area contributed by atoms with Crippen LogP contribution in [0.25, 0.3) is 11.3 Å². The van der Waals surface area contributed by atoms with Gasteiger partial charge in [-0.05, 0) is 17.7 Å². The van der Waals surface area contributed by atoms with Gasteiger partial charge in [0.05, 0.1) is 12.3 Å². The van der Waals surface area contributed by atoms with Gasteiger partial charge in [-0.2, -0.15) is 5.10 Å². The molecule has 0 radical (unpaired) electrons. The Morgan fingerprint density at radius 2 is 2.21 bits per heavy atom. The first-order chi connectivity index (χ1) is 9.02. The molecule has 0 saturated heterocycles. The number of carboxylic acids is 1. The fraction of sp³-hybridized carbons (Fsp3) is 0.231. The first kappa shape index (κ1) is 13.6. The second kappa shape index (κ2) is 5.42. The van der Waals surface area contributed by atoms with Gasteiger partial charge in [0.1, 0.15) is 0 Å². The van der Waals surface area contributed by atoms with Crippen LogP contribution in [0.2, 0.25) is 5.02 Å². The Kier molecular flexibility index (Phi) is 3.87. The van der Waals surface area contributed by atoms with Crippen LogP contribution in [0, 0.1) is 0 Å². The summed E-state index contributed by atoms with van der Waals surface area (Å²) in [5.74, 6) is -1.05. The largest absolute Gasteiger partial charge is 0.476 e. The van der Waals surface area contributed by atoms with Crippen molar-refractivity contribution >= 4 is 17.6 Å². The van der Waals surface area contributed by atoms with E-state index in [1.165, 1.54) is 10.7 Å². The van der Waals surface area contributed by atoms with Crippen molar-refractivity contribution in [2.75, 3.05) is 7.11 Å². The summed E-state index contributed by atoms with van der Waals surface area (Å²) in [4.78, 5) is 10.9. The highest BCUT2D eigenvalue weighted by Crippen LogP contribution is 2.26. The minimum Gasteiger partial charge on any atom is -0.476 e. The summed E-state index contributed by atoms with van der Waals surface area (Å²) >= 11 is 6.15. The number of methoxy groups -OCH3 is 1. The van der Waals surface area contributed by atoms with E-state index in [9.17, 15) is 4.79 Å². The van der Waals surface area contributed by atoms with Crippen LogP contribution >= 0.6 is 11.6 Å². The lowest BCUT2D eigenvalue weighted by Crippen LogP contribution is -1.99. The monoisotopic (exact) mass is 280 g/mol. The molecule has 2 aromatic rings. The molecule has 0 aliphatic carbocycles. The van der Waals surface area contributed by atoms with Gasteiger partial charge in [-0.25, -0.2) is 4.79 Å². The van der Waals surface area contributed by atoms with Gasteiger partial charge in [0.15, 0.2) is 5.69 Å². The lowest BCUT2D eigenvalue weighted by Gasteiger charge is -2.06. The average molecular weight is 281 g/mol. The maximum absolute atomic E-state index is 10.9. The zero-order valence-electron chi connectivity index (χ0n) is 10.6. The smallest absolute Gasteiger partial charge is 0.356 e. The van der Waals surface area contributed by atoms with Crippen LogP contribution in [-0.2, 0) is 18.4 Å². The highest BCUT2D eigenvalue weighted by Gasteiger charge is 2.13.